The summed E-state index contributed by atoms with van der Waals surface area (Å²) in [6, 6.07) is 0. The number of rotatable bonds is 40. The van der Waals surface area contributed by atoms with E-state index in [0.717, 1.165) is 61.3 Å². The standard InChI is InChI=1S/C63H119NO/c1-7-9-11-13-15-17-19-21-23-24-26-28-30-32-34-38-51-64-61(65)55(42-35-33-31-29-27-25-22-20-18-16-14-12-10-8-2)52-53(3)40-39-41-54(4)58-46-47-59-57-45-44-56-43-36-37-49-62(56,5)60(57)48-50-63(58,59)6/h53-60H,7-52H2,1-6H3,(H,64,65)/t53?,54-,55?,56?,57+,58-,59+,60+,62+,63-/m1/s1. The number of carbonyl (C=O) groups is 1. The Balaban J connectivity index is 1.11. The lowest BCUT2D eigenvalue weighted by Gasteiger charge is -2.61. The Morgan fingerprint density at radius 2 is 0.969 bits per heavy atom. The lowest BCUT2D eigenvalue weighted by molar-refractivity contribution is -0.125. The van der Waals surface area contributed by atoms with Crippen molar-refractivity contribution in [2.75, 3.05) is 6.54 Å². The van der Waals surface area contributed by atoms with Crippen LogP contribution < -0.4 is 5.32 Å². The van der Waals surface area contributed by atoms with Gasteiger partial charge in [0.2, 0.25) is 5.91 Å². The molecule has 4 saturated carbocycles. The molecule has 2 nitrogen and oxygen atoms in total. The molecule has 1 amide bonds. The van der Waals surface area contributed by atoms with Gasteiger partial charge in [-0.3, -0.25) is 4.79 Å². The van der Waals surface area contributed by atoms with Crippen molar-refractivity contribution in [2.24, 2.45) is 58.2 Å². The quantitative estimate of drug-likeness (QED) is 0.0610. The van der Waals surface area contributed by atoms with E-state index in [9.17, 15) is 4.79 Å². The molecule has 0 spiro atoms. The van der Waals surface area contributed by atoms with Gasteiger partial charge in [0.1, 0.15) is 0 Å². The molecule has 0 aromatic heterocycles. The first kappa shape index (κ1) is 57.1. The van der Waals surface area contributed by atoms with E-state index in [1.54, 1.807) is 12.8 Å². The summed E-state index contributed by atoms with van der Waals surface area (Å²) < 4.78 is 0. The first-order chi connectivity index (χ1) is 31.7. The van der Waals surface area contributed by atoms with E-state index in [1.165, 1.54) is 257 Å². The zero-order valence-corrected chi connectivity index (χ0v) is 45.6. The summed E-state index contributed by atoms with van der Waals surface area (Å²) in [6.07, 6.45) is 63.5. The summed E-state index contributed by atoms with van der Waals surface area (Å²) in [7, 11) is 0. The Kier molecular flexibility index (Phi) is 29.8. The molecule has 3 unspecified atom stereocenters. The van der Waals surface area contributed by atoms with Gasteiger partial charge in [0.25, 0.3) is 0 Å². The van der Waals surface area contributed by atoms with Crippen LogP contribution in [0.25, 0.3) is 0 Å². The monoisotopic (exact) mass is 906 g/mol. The fourth-order valence-corrected chi connectivity index (χ4v) is 15.8. The number of carbonyl (C=O) groups excluding carboxylic acids is 1. The van der Waals surface area contributed by atoms with Crippen LogP contribution in [0.4, 0.5) is 0 Å². The van der Waals surface area contributed by atoms with E-state index in [0.29, 0.717) is 22.7 Å². The molecule has 4 aliphatic rings. The Morgan fingerprint density at radius 3 is 1.51 bits per heavy atom. The van der Waals surface area contributed by atoms with Crippen molar-refractivity contribution < 1.29 is 4.79 Å². The summed E-state index contributed by atoms with van der Waals surface area (Å²) >= 11 is 0. The largest absolute Gasteiger partial charge is 0.356 e. The fraction of sp³-hybridized carbons (Fsp3) is 0.984. The molecular weight excluding hydrogens is 787 g/mol. The summed E-state index contributed by atoms with van der Waals surface area (Å²) in [6.45, 7) is 16.2. The Morgan fingerprint density at radius 1 is 0.477 bits per heavy atom. The topological polar surface area (TPSA) is 29.1 Å². The minimum atomic E-state index is 0.214. The van der Waals surface area contributed by atoms with Crippen molar-refractivity contribution in [1.82, 2.24) is 5.32 Å². The van der Waals surface area contributed by atoms with Crippen LogP contribution in [0.5, 0.6) is 0 Å². The normalized spacial score (nSPS) is 27.8. The van der Waals surface area contributed by atoms with Crippen LogP contribution in [0.3, 0.4) is 0 Å². The molecule has 0 aromatic carbocycles. The van der Waals surface area contributed by atoms with Crippen molar-refractivity contribution in [2.45, 2.75) is 330 Å². The van der Waals surface area contributed by atoms with Crippen LogP contribution in [0, 0.1) is 58.2 Å². The summed E-state index contributed by atoms with van der Waals surface area (Å²) in [4.78, 5) is 13.8. The second-order valence-corrected chi connectivity index (χ2v) is 25.1. The average Bonchev–Trinajstić information content (AvgIpc) is 3.66. The van der Waals surface area contributed by atoms with Gasteiger partial charge in [0.15, 0.2) is 0 Å². The summed E-state index contributed by atoms with van der Waals surface area (Å²) in [5, 5.41) is 3.48. The predicted molar refractivity (Wildman–Crippen MR) is 288 cm³/mol. The maximum absolute atomic E-state index is 13.8. The van der Waals surface area contributed by atoms with Crippen LogP contribution in [0.2, 0.25) is 0 Å². The smallest absolute Gasteiger partial charge is 0.223 e. The number of hydrogen-bond donors (Lipinski definition) is 1. The second-order valence-electron chi connectivity index (χ2n) is 25.1. The van der Waals surface area contributed by atoms with Gasteiger partial charge in [-0.1, -0.05) is 260 Å². The van der Waals surface area contributed by atoms with Crippen molar-refractivity contribution in [3.8, 4) is 0 Å². The summed E-state index contributed by atoms with van der Waals surface area (Å²) in [5.41, 5.74) is 1.25. The van der Waals surface area contributed by atoms with Gasteiger partial charge >= 0.3 is 0 Å². The van der Waals surface area contributed by atoms with Crippen LogP contribution >= 0.6 is 0 Å². The van der Waals surface area contributed by atoms with Gasteiger partial charge in [0, 0.05) is 12.5 Å². The molecule has 0 saturated heterocycles. The summed E-state index contributed by atoms with van der Waals surface area (Å²) in [5.74, 6) is 7.12. The molecule has 0 aliphatic heterocycles. The first-order valence-corrected chi connectivity index (χ1v) is 31.0. The van der Waals surface area contributed by atoms with Gasteiger partial charge in [-0.15, -0.1) is 0 Å². The van der Waals surface area contributed by atoms with Crippen LogP contribution in [-0.4, -0.2) is 12.5 Å². The van der Waals surface area contributed by atoms with Gasteiger partial charge in [0.05, 0.1) is 0 Å². The molecule has 0 radical (unpaired) electrons. The lowest BCUT2D eigenvalue weighted by Crippen LogP contribution is -2.53. The van der Waals surface area contributed by atoms with Crippen LogP contribution in [0.1, 0.15) is 330 Å². The highest BCUT2D eigenvalue weighted by molar-refractivity contribution is 5.78. The van der Waals surface area contributed by atoms with E-state index >= 15 is 0 Å². The minimum absolute atomic E-state index is 0.214. The molecule has 382 valence electrons. The Labute approximate surface area is 409 Å². The Hall–Kier alpha value is -0.530. The van der Waals surface area contributed by atoms with E-state index in [-0.39, 0.29) is 5.92 Å². The molecule has 0 heterocycles. The van der Waals surface area contributed by atoms with Gasteiger partial charge in [-0.25, -0.2) is 0 Å². The molecule has 4 rings (SSSR count). The third-order valence-electron chi connectivity index (χ3n) is 20.0. The highest BCUT2D eigenvalue weighted by Crippen LogP contribution is 2.68. The number of hydrogen-bond acceptors (Lipinski definition) is 1. The van der Waals surface area contributed by atoms with Gasteiger partial charge in [-0.2, -0.15) is 0 Å². The SMILES string of the molecule is CCCCCCCCCCCCCCCCCCNC(=O)C(CCCCCCCCCCCCCCCC)CC(C)CCC[C@@H](C)[C@H]1CC[C@H]2[C@@H]3CCC4CCCC[C@]4(C)[C@H]3CC[C@]12C. The average molecular weight is 907 g/mol. The number of nitrogens with one attached hydrogen (secondary N) is 1. The maximum atomic E-state index is 13.8. The van der Waals surface area contributed by atoms with Gasteiger partial charge in [-0.05, 0) is 123 Å². The van der Waals surface area contributed by atoms with Crippen LogP contribution in [0.15, 0.2) is 0 Å². The maximum Gasteiger partial charge on any atom is 0.223 e. The first-order valence-electron chi connectivity index (χ1n) is 31.0. The molecule has 65 heavy (non-hydrogen) atoms. The molecule has 1 N–H and O–H groups in total. The number of amides is 1. The zero-order valence-electron chi connectivity index (χ0n) is 45.6. The molecule has 0 bridgehead atoms. The van der Waals surface area contributed by atoms with Crippen molar-refractivity contribution in [1.29, 1.82) is 0 Å². The molecule has 0 aromatic rings. The lowest BCUT2D eigenvalue weighted by atomic mass is 9.44. The predicted octanol–water partition coefficient (Wildman–Crippen LogP) is 20.7. The number of unbranched alkanes of at least 4 members (excludes halogenated alkanes) is 28. The third kappa shape index (κ3) is 20.4. The Bertz CT molecular complexity index is 1160. The van der Waals surface area contributed by atoms with Crippen molar-refractivity contribution in [3.05, 3.63) is 0 Å². The zero-order chi connectivity index (χ0) is 46.4. The second kappa shape index (κ2) is 33.9. The van der Waals surface area contributed by atoms with E-state index < -0.39 is 0 Å². The minimum Gasteiger partial charge on any atom is -0.356 e. The van der Waals surface area contributed by atoms with Crippen molar-refractivity contribution in [3.63, 3.8) is 0 Å². The molecule has 4 fully saturated rings. The van der Waals surface area contributed by atoms with Crippen LogP contribution in [-0.2, 0) is 4.79 Å². The van der Waals surface area contributed by atoms with Crippen molar-refractivity contribution >= 4 is 5.91 Å². The molecular formula is C63H119NO. The molecule has 4 aliphatic carbocycles. The fourth-order valence-electron chi connectivity index (χ4n) is 15.8. The molecule has 10 atom stereocenters. The van der Waals surface area contributed by atoms with E-state index in [1.807, 2.05) is 0 Å². The molecule has 2 heteroatoms. The number of fused-ring (bicyclic) bond motifs is 5. The highest BCUT2D eigenvalue weighted by atomic mass is 16.1. The third-order valence-corrected chi connectivity index (χ3v) is 20.0. The van der Waals surface area contributed by atoms with E-state index in [2.05, 4.69) is 46.9 Å². The van der Waals surface area contributed by atoms with Gasteiger partial charge < -0.3 is 5.32 Å². The highest BCUT2D eigenvalue weighted by Gasteiger charge is 2.60. The van der Waals surface area contributed by atoms with E-state index in [4.69, 9.17) is 0 Å².